The Labute approximate surface area is 116 Å². The lowest BCUT2D eigenvalue weighted by molar-refractivity contribution is -0.124. The number of anilines is 1. The molecule has 1 aliphatic heterocycles. The van der Waals surface area contributed by atoms with Crippen molar-refractivity contribution in [3.8, 4) is 0 Å². The minimum Gasteiger partial charge on any atom is -0.384 e. The molecule has 0 saturated heterocycles. The molecule has 1 aliphatic rings. The Morgan fingerprint density at radius 2 is 2.26 bits per heavy atom. The first kappa shape index (κ1) is 12.2. The van der Waals surface area contributed by atoms with Gasteiger partial charge < -0.3 is 10.6 Å². The number of hydrogen-bond donors (Lipinski definition) is 2. The van der Waals surface area contributed by atoms with E-state index in [4.69, 9.17) is 0 Å². The van der Waals surface area contributed by atoms with Gasteiger partial charge in [-0.25, -0.2) is 0 Å². The monoisotopic (exact) mass is 272 g/mol. The second-order valence-electron chi connectivity index (χ2n) is 4.79. The Morgan fingerprint density at radius 1 is 1.37 bits per heavy atom. The number of carbonyl (C=O) groups is 1. The molecule has 0 bridgehead atoms. The third kappa shape index (κ3) is 2.79. The molecule has 98 valence electrons. The quantitative estimate of drug-likeness (QED) is 0.902. The van der Waals surface area contributed by atoms with Crippen molar-refractivity contribution in [2.45, 2.75) is 13.0 Å². The number of amides is 1. The van der Waals surface area contributed by atoms with Crippen LogP contribution in [-0.2, 0) is 17.8 Å². The highest BCUT2D eigenvalue weighted by Crippen LogP contribution is 2.24. The van der Waals surface area contributed by atoms with Crippen molar-refractivity contribution in [3.05, 3.63) is 52.2 Å². The zero-order valence-corrected chi connectivity index (χ0v) is 11.4. The molecule has 4 heteroatoms. The standard InChI is InChI=1S/C15H16N2OS/c18-15(17-8-11-5-6-19-10-11)13-7-12-3-1-2-4-14(12)16-9-13/h1-6,10,13,16H,7-9H2,(H,17,18). The van der Waals surface area contributed by atoms with Gasteiger partial charge in [0, 0.05) is 18.8 Å². The number of para-hydroxylation sites is 1. The summed E-state index contributed by atoms with van der Waals surface area (Å²) in [4.78, 5) is 12.2. The van der Waals surface area contributed by atoms with Crippen LogP contribution in [0.1, 0.15) is 11.1 Å². The van der Waals surface area contributed by atoms with Crippen LogP contribution < -0.4 is 10.6 Å². The van der Waals surface area contributed by atoms with Crippen molar-refractivity contribution in [2.24, 2.45) is 5.92 Å². The van der Waals surface area contributed by atoms with E-state index < -0.39 is 0 Å². The van der Waals surface area contributed by atoms with Gasteiger partial charge in [-0.3, -0.25) is 4.79 Å². The molecule has 1 aromatic carbocycles. The fourth-order valence-electron chi connectivity index (χ4n) is 2.35. The SMILES string of the molecule is O=C(NCc1ccsc1)C1CNc2ccccc2C1. The first-order chi connectivity index (χ1) is 9.33. The molecule has 2 aromatic rings. The number of rotatable bonds is 3. The van der Waals surface area contributed by atoms with Gasteiger partial charge in [-0.05, 0) is 40.4 Å². The van der Waals surface area contributed by atoms with Crippen LogP contribution in [0.15, 0.2) is 41.1 Å². The van der Waals surface area contributed by atoms with Crippen LogP contribution in [0.4, 0.5) is 5.69 Å². The van der Waals surface area contributed by atoms with Gasteiger partial charge in [0.25, 0.3) is 0 Å². The van der Waals surface area contributed by atoms with Gasteiger partial charge in [0.05, 0.1) is 5.92 Å². The molecule has 0 radical (unpaired) electrons. The average molecular weight is 272 g/mol. The Hall–Kier alpha value is -1.81. The largest absolute Gasteiger partial charge is 0.384 e. The molecule has 1 amide bonds. The maximum atomic E-state index is 12.2. The maximum absolute atomic E-state index is 12.2. The van der Waals surface area contributed by atoms with Crippen LogP contribution in [0.2, 0.25) is 0 Å². The minimum absolute atomic E-state index is 0.0218. The molecule has 19 heavy (non-hydrogen) atoms. The first-order valence-electron chi connectivity index (χ1n) is 6.43. The van der Waals surface area contributed by atoms with Crippen molar-refractivity contribution < 1.29 is 4.79 Å². The van der Waals surface area contributed by atoms with Crippen LogP contribution in [0.3, 0.4) is 0 Å². The van der Waals surface area contributed by atoms with E-state index in [-0.39, 0.29) is 11.8 Å². The highest BCUT2D eigenvalue weighted by atomic mass is 32.1. The number of nitrogens with one attached hydrogen (secondary N) is 2. The van der Waals surface area contributed by atoms with E-state index in [1.165, 1.54) is 11.1 Å². The van der Waals surface area contributed by atoms with E-state index in [2.05, 4.69) is 28.1 Å². The lowest BCUT2D eigenvalue weighted by Crippen LogP contribution is -2.37. The van der Waals surface area contributed by atoms with Crippen LogP contribution in [0.25, 0.3) is 0 Å². The summed E-state index contributed by atoms with van der Waals surface area (Å²) in [6.07, 6.45) is 0.818. The molecular formula is C15H16N2OS. The van der Waals surface area contributed by atoms with E-state index in [1.54, 1.807) is 11.3 Å². The van der Waals surface area contributed by atoms with Gasteiger partial charge in [0.2, 0.25) is 5.91 Å². The van der Waals surface area contributed by atoms with Gasteiger partial charge in [0.15, 0.2) is 0 Å². The van der Waals surface area contributed by atoms with Crippen molar-refractivity contribution >= 4 is 22.9 Å². The third-order valence-corrected chi connectivity index (χ3v) is 4.17. The predicted molar refractivity (Wildman–Crippen MR) is 78.3 cm³/mol. The lowest BCUT2D eigenvalue weighted by Gasteiger charge is -2.25. The number of thiophene rings is 1. The second-order valence-corrected chi connectivity index (χ2v) is 5.57. The van der Waals surface area contributed by atoms with E-state index in [9.17, 15) is 4.79 Å². The second kappa shape index (κ2) is 5.45. The van der Waals surface area contributed by atoms with Crippen LogP contribution >= 0.6 is 11.3 Å². The molecule has 2 heterocycles. The minimum atomic E-state index is 0.0218. The molecule has 0 spiro atoms. The summed E-state index contributed by atoms with van der Waals surface area (Å²) in [5.41, 5.74) is 3.55. The molecule has 1 atom stereocenters. The van der Waals surface area contributed by atoms with Crippen LogP contribution in [0.5, 0.6) is 0 Å². The Balaban J connectivity index is 1.60. The average Bonchev–Trinajstić information content (AvgIpc) is 2.97. The lowest BCUT2D eigenvalue weighted by atomic mass is 9.93. The number of benzene rings is 1. The number of hydrogen-bond acceptors (Lipinski definition) is 3. The van der Waals surface area contributed by atoms with Gasteiger partial charge in [-0.1, -0.05) is 18.2 Å². The Morgan fingerprint density at radius 3 is 3.11 bits per heavy atom. The summed E-state index contributed by atoms with van der Waals surface area (Å²) in [5, 5.41) is 10.4. The highest BCUT2D eigenvalue weighted by molar-refractivity contribution is 7.07. The first-order valence-corrected chi connectivity index (χ1v) is 7.38. The van der Waals surface area contributed by atoms with E-state index in [0.717, 1.165) is 12.1 Å². The summed E-state index contributed by atoms with van der Waals surface area (Å²) in [6, 6.07) is 10.2. The molecule has 1 aromatic heterocycles. The molecular weight excluding hydrogens is 256 g/mol. The summed E-state index contributed by atoms with van der Waals surface area (Å²) < 4.78 is 0. The van der Waals surface area contributed by atoms with Crippen molar-refractivity contribution in [2.75, 3.05) is 11.9 Å². The summed E-state index contributed by atoms with van der Waals surface area (Å²) in [7, 11) is 0. The van der Waals surface area contributed by atoms with Gasteiger partial charge in [0.1, 0.15) is 0 Å². The van der Waals surface area contributed by atoms with E-state index >= 15 is 0 Å². The van der Waals surface area contributed by atoms with Gasteiger partial charge in [-0.15, -0.1) is 0 Å². The molecule has 3 nitrogen and oxygen atoms in total. The molecule has 0 aliphatic carbocycles. The van der Waals surface area contributed by atoms with Gasteiger partial charge in [-0.2, -0.15) is 11.3 Å². The zero-order chi connectivity index (χ0) is 13.1. The normalized spacial score (nSPS) is 17.4. The van der Waals surface area contributed by atoms with Crippen molar-refractivity contribution in [1.82, 2.24) is 5.32 Å². The molecule has 3 rings (SSSR count). The highest BCUT2D eigenvalue weighted by Gasteiger charge is 2.23. The summed E-state index contributed by atoms with van der Waals surface area (Å²) in [5.74, 6) is 0.154. The molecule has 1 unspecified atom stereocenters. The van der Waals surface area contributed by atoms with E-state index in [0.29, 0.717) is 13.1 Å². The molecule has 2 N–H and O–H groups in total. The smallest absolute Gasteiger partial charge is 0.225 e. The van der Waals surface area contributed by atoms with Crippen molar-refractivity contribution in [3.63, 3.8) is 0 Å². The molecule has 0 saturated carbocycles. The number of carbonyl (C=O) groups excluding carboxylic acids is 1. The maximum Gasteiger partial charge on any atom is 0.225 e. The summed E-state index contributed by atoms with van der Waals surface area (Å²) >= 11 is 1.65. The summed E-state index contributed by atoms with van der Waals surface area (Å²) in [6.45, 7) is 1.34. The van der Waals surface area contributed by atoms with Crippen LogP contribution in [-0.4, -0.2) is 12.5 Å². The number of fused-ring (bicyclic) bond motifs is 1. The fourth-order valence-corrected chi connectivity index (χ4v) is 3.02. The predicted octanol–water partition coefficient (Wildman–Crippen LogP) is 2.65. The van der Waals surface area contributed by atoms with Crippen LogP contribution in [0, 0.1) is 5.92 Å². The molecule has 0 fully saturated rings. The van der Waals surface area contributed by atoms with Gasteiger partial charge >= 0.3 is 0 Å². The zero-order valence-electron chi connectivity index (χ0n) is 10.6. The Bertz CT molecular complexity index is 565. The van der Waals surface area contributed by atoms with Crippen molar-refractivity contribution in [1.29, 1.82) is 0 Å². The van der Waals surface area contributed by atoms with E-state index in [1.807, 2.05) is 23.6 Å². The Kier molecular flexibility index (Phi) is 3.51. The third-order valence-electron chi connectivity index (χ3n) is 3.44. The fraction of sp³-hybridized carbons (Fsp3) is 0.267. The topological polar surface area (TPSA) is 41.1 Å².